The molecule has 2 fully saturated rings. The molecule has 1 aliphatic carbocycles. The van der Waals surface area contributed by atoms with Gasteiger partial charge < -0.3 is 5.32 Å². The topological polar surface area (TPSA) is 12.0 Å². The molecule has 0 amide bonds. The van der Waals surface area contributed by atoms with Crippen molar-refractivity contribution >= 4 is 0 Å². The first kappa shape index (κ1) is 5.72. The maximum Gasteiger partial charge on any atom is 0.000829 e. The summed E-state index contributed by atoms with van der Waals surface area (Å²) in [5.41, 5.74) is 0.694. The van der Waals surface area contributed by atoms with Gasteiger partial charge in [0.25, 0.3) is 0 Å². The Morgan fingerprint density at radius 3 is 2.67 bits per heavy atom. The van der Waals surface area contributed by atoms with Crippen molar-refractivity contribution in [3.05, 3.63) is 0 Å². The molecule has 0 radical (unpaired) electrons. The smallest absolute Gasteiger partial charge is 0.000829 e. The van der Waals surface area contributed by atoms with Crippen LogP contribution in [0.4, 0.5) is 0 Å². The van der Waals surface area contributed by atoms with Gasteiger partial charge in [0.2, 0.25) is 0 Å². The average Bonchev–Trinajstić information content (AvgIpc) is 2.60. The van der Waals surface area contributed by atoms with E-state index in [9.17, 15) is 0 Å². The lowest BCUT2D eigenvalue weighted by atomic mass is 9.84. The van der Waals surface area contributed by atoms with Gasteiger partial charge in [-0.25, -0.2) is 0 Å². The number of hydrogen-bond donors (Lipinski definition) is 1. The molecule has 1 nitrogen and oxygen atoms in total. The van der Waals surface area contributed by atoms with Crippen LogP contribution in [-0.4, -0.2) is 13.1 Å². The van der Waals surface area contributed by atoms with E-state index in [0.717, 1.165) is 5.92 Å². The molecule has 1 heterocycles. The molecule has 1 aliphatic heterocycles. The van der Waals surface area contributed by atoms with E-state index in [0.29, 0.717) is 5.41 Å². The molecule has 0 aromatic heterocycles. The first-order valence-corrected chi connectivity index (χ1v) is 4.02. The second-order valence-corrected chi connectivity index (χ2v) is 3.86. The molecule has 1 atom stereocenters. The molecule has 9 heavy (non-hydrogen) atoms. The second kappa shape index (κ2) is 1.72. The van der Waals surface area contributed by atoms with Crippen LogP contribution >= 0.6 is 0 Å². The van der Waals surface area contributed by atoms with E-state index >= 15 is 0 Å². The predicted molar refractivity (Wildman–Crippen MR) is 38.3 cm³/mol. The molecule has 1 unspecified atom stereocenters. The summed E-state index contributed by atoms with van der Waals surface area (Å²) in [5.74, 6) is 1.08. The lowest BCUT2D eigenvalue weighted by molar-refractivity contribution is 0.309. The van der Waals surface area contributed by atoms with Gasteiger partial charge >= 0.3 is 0 Å². The Morgan fingerprint density at radius 1 is 1.44 bits per heavy atom. The third kappa shape index (κ3) is 0.877. The van der Waals surface area contributed by atoms with E-state index in [1.165, 1.54) is 32.4 Å². The summed E-state index contributed by atoms with van der Waals surface area (Å²) in [5, 5.41) is 3.43. The molecule has 0 bridgehead atoms. The van der Waals surface area contributed by atoms with Gasteiger partial charge in [-0.3, -0.25) is 0 Å². The zero-order valence-corrected chi connectivity index (χ0v) is 6.11. The van der Waals surface area contributed by atoms with E-state index in [4.69, 9.17) is 0 Å². The van der Waals surface area contributed by atoms with E-state index in [1.54, 1.807) is 0 Å². The summed E-state index contributed by atoms with van der Waals surface area (Å²) in [6.45, 7) is 4.97. The minimum atomic E-state index is 0.694. The van der Waals surface area contributed by atoms with Crippen molar-refractivity contribution < 1.29 is 0 Å². The van der Waals surface area contributed by atoms with Gasteiger partial charge in [0.05, 0.1) is 0 Å². The van der Waals surface area contributed by atoms with Crippen molar-refractivity contribution in [2.75, 3.05) is 13.1 Å². The molecule has 2 rings (SSSR count). The fourth-order valence-corrected chi connectivity index (χ4v) is 1.96. The predicted octanol–water partition coefficient (Wildman–Crippen LogP) is 1.40. The van der Waals surface area contributed by atoms with E-state index in [2.05, 4.69) is 12.2 Å². The molecule has 0 aromatic carbocycles. The minimum Gasteiger partial charge on any atom is -0.316 e. The van der Waals surface area contributed by atoms with E-state index in [-0.39, 0.29) is 0 Å². The molecule has 1 saturated carbocycles. The van der Waals surface area contributed by atoms with Crippen molar-refractivity contribution in [3.63, 3.8) is 0 Å². The fraction of sp³-hybridized carbons (Fsp3) is 1.00. The Bertz CT molecular complexity index is 110. The third-order valence-corrected chi connectivity index (χ3v) is 2.96. The summed E-state index contributed by atoms with van der Waals surface area (Å²) in [7, 11) is 0. The normalized spacial score (nSPS) is 43.7. The van der Waals surface area contributed by atoms with Crippen LogP contribution < -0.4 is 5.32 Å². The van der Waals surface area contributed by atoms with Crippen LogP contribution in [0.3, 0.4) is 0 Å². The Labute approximate surface area is 56.8 Å². The zero-order valence-electron chi connectivity index (χ0n) is 6.11. The summed E-state index contributed by atoms with van der Waals surface area (Å²) < 4.78 is 0. The van der Waals surface area contributed by atoms with Crippen LogP contribution in [0.25, 0.3) is 0 Å². The average molecular weight is 125 g/mol. The van der Waals surface area contributed by atoms with Gasteiger partial charge in [-0.15, -0.1) is 0 Å². The van der Waals surface area contributed by atoms with Crippen LogP contribution in [0.15, 0.2) is 0 Å². The molecular weight excluding hydrogens is 110 g/mol. The maximum atomic E-state index is 3.43. The molecule has 1 heteroatoms. The highest BCUT2D eigenvalue weighted by Gasteiger charge is 2.42. The molecule has 1 N–H and O–H groups in total. The Kier molecular flexibility index (Phi) is 1.10. The SMILES string of the molecule is CC1(C2CC2)CCNC1. The third-order valence-electron chi connectivity index (χ3n) is 2.96. The minimum absolute atomic E-state index is 0.694. The van der Waals surface area contributed by atoms with Gasteiger partial charge in [-0.1, -0.05) is 6.92 Å². The Morgan fingerprint density at radius 2 is 2.22 bits per heavy atom. The Hall–Kier alpha value is -0.0400. The highest BCUT2D eigenvalue weighted by Crippen LogP contribution is 2.48. The highest BCUT2D eigenvalue weighted by molar-refractivity contribution is 4.95. The number of rotatable bonds is 1. The van der Waals surface area contributed by atoms with E-state index in [1.807, 2.05) is 0 Å². The van der Waals surface area contributed by atoms with Crippen LogP contribution in [0, 0.1) is 11.3 Å². The first-order valence-electron chi connectivity index (χ1n) is 4.02. The van der Waals surface area contributed by atoms with Gasteiger partial charge in [-0.05, 0) is 37.1 Å². The largest absolute Gasteiger partial charge is 0.316 e. The van der Waals surface area contributed by atoms with Crippen molar-refractivity contribution in [1.82, 2.24) is 5.32 Å². The monoisotopic (exact) mass is 125 g/mol. The van der Waals surface area contributed by atoms with Crippen molar-refractivity contribution in [1.29, 1.82) is 0 Å². The van der Waals surface area contributed by atoms with Gasteiger partial charge in [0.1, 0.15) is 0 Å². The van der Waals surface area contributed by atoms with Crippen molar-refractivity contribution in [3.8, 4) is 0 Å². The molecule has 2 aliphatic rings. The summed E-state index contributed by atoms with van der Waals surface area (Å²) in [6.07, 6.45) is 4.41. The quantitative estimate of drug-likeness (QED) is 0.558. The Balaban J connectivity index is 2.02. The van der Waals surface area contributed by atoms with Crippen LogP contribution in [0.1, 0.15) is 26.2 Å². The molecule has 0 aromatic rings. The van der Waals surface area contributed by atoms with Crippen LogP contribution in [-0.2, 0) is 0 Å². The summed E-state index contributed by atoms with van der Waals surface area (Å²) in [6, 6.07) is 0. The number of nitrogens with one attached hydrogen (secondary N) is 1. The molecule has 1 saturated heterocycles. The van der Waals surface area contributed by atoms with Gasteiger partial charge in [0.15, 0.2) is 0 Å². The second-order valence-electron chi connectivity index (χ2n) is 3.86. The molecular formula is C8H15N. The maximum absolute atomic E-state index is 3.43. The zero-order chi connectivity index (χ0) is 6.32. The lowest BCUT2D eigenvalue weighted by Gasteiger charge is -2.21. The number of hydrogen-bond acceptors (Lipinski definition) is 1. The molecule has 52 valence electrons. The van der Waals surface area contributed by atoms with Crippen LogP contribution in [0.2, 0.25) is 0 Å². The lowest BCUT2D eigenvalue weighted by Crippen LogP contribution is -2.21. The summed E-state index contributed by atoms with van der Waals surface area (Å²) >= 11 is 0. The van der Waals surface area contributed by atoms with Crippen molar-refractivity contribution in [2.45, 2.75) is 26.2 Å². The van der Waals surface area contributed by atoms with E-state index < -0.39 is 0 Å². The standard InChI is InChI=1S/C8H15N/c1-8(7-2-3-7)4-5-9-6-8/h7,9H,2-6H2,1H3. The molecule has 0 spiro atoms. The van der Waals surface area contributed by atoms with Gasteiger partial charge in [0, 0.05) is 6.54 Å². The summed E-state index contributed by atoms with van der Waals surface area (Å²) in [4.78, 5) is 0. The van der Waals surface area contributed by atoms with Gasteiger partial charge in [-0.2, -0.15) is 0 Å². The van der Waals surface area contributed by atoms with Crippen molar-refractivity contribution in [2.24, 2.45) is 11.3 Å². The van der Waals surface area contributed by atoms with Crippen LogP contribution in [0.5, 0.6) is 0 Å². The highest BCUT2D eigenvalue weighted by atomic mass is 14.9. The first-order chi connectivity index (χ1) is 4.31. The fourth-order valence-electron chi connectivity index (χ4n) is 1.96.